The Morgan fingerprint density at radius 2 is 1.63 bits per heavy atom. The molecule has 7 heteroatoms. The fourth-order valence-electron chi connectivity index (χ4n) is 3.71. The Balaban J connectivity index is 1.45. The third-order valence-corrected chi connectivity index (χ3v) is 5.49. The molecule has 3 amide bonds. The number of piperidine rings is 1. The largest absolute Gasteiger partial charge is 0.497 e. The van der Waals surface area contributed by atoms with Gasteiger partial charge in [-0.05, 0) is 30.5 Å². The summed E-state index contributed by atoms with van der Waals surface area (Å²) in [4.78, 5) is 41.4. The third-order valence-electron chi connectivity index (χ3n) is 5.49. The van der Waals surface area contributed by atoms with Crippen molar-refractivity contribution >= 4 is 18.2 Å². The molecule has 0 saturated carbocycles. The lowest BCUT2D eigenvalue weighted by atomic mass is 9.94. The van der Waals surface area contributed by atoms with Crippen LogP contribution in [0.15, 0.2) is 24.3 Å². The van der Waals surface area contributed by atoms with Gasteiger partial charge < -0.3 is 19.4 Å². The molecule has 0 atom stereocenters. The zero-order valence-corrected chi connectivity index (χ0v) is 15.8. The van der Waals surface area contributed by atoms with Gasteiger partial charge in [-0.15, -0.1) is 0 Å². The zero-order valence-electron chi connectivity index (χ0n) is 15.8. The minimum Gasteiger partial charge on any atom is -0.497 e. The summed E-state index contributed by atoms with van der Waals surface area (Å²) in [5.74, 6) is 1.03. The number of carbonyl (C=O) groups excluding carboxylic acids is 3. The molecule has 27 heavy (non-hydrogen) atoms. The van der Waals surface area contributed by atoms with E-state index in [0.29, 0.717) is 58.5 Å². The highest BCUT2D eigenvalue weighted by atomic mass is 16.5. The third kappa shape index (κ3) is 4.78. The molecule has 0 radical (unpaired) electrons. The first kappa shape index (κ1) is 19.2. The van der Waals surface area contributed by atoms with E-state index in [-0.39, 0.29) is 17.7 Å². The molecule has 2 aliphatic rings. The number of methoxy groups -OCH3 is 1. The molecule has 0 aromatic heterocycles. The van der Waals surface area contributed by atoms with E-state index in [2.05, 4.69) is 0 Å². The lowest BCUT2D eigenvalue weighted by Gasteiger charge is -2.37. The number of hydrogen-bond donors (Lipinski definition) is 0. The summed E-state index contributed by atoms with van der Waals surface area (Å²) < 4.78 is 5.14. The molecule has 0 unspecified atom stereocenters. The van der Waals surface area contributed by atoms with Crippen LogP contribution < -0.4 is 4.74 Å². The number of piperazine rings is 1. The van der Waals surface area contributed by atoms with Crippen molar-refractivity contribution in [2.45, 2.75) is 19.3 Å². The Morgan fingerprint density at radius 1 is 1.00 bits per heavy atom. The minimum absolute atomic E-state index is 0.0159. The highest BCUT2D eigenvalue weighted by Gasteiger charge is 2.31. The Labute approximate surface area is 159 Å². The molecule has 0 aliphatic carbocycles. The smallest absolute Gasteiger partial charge is 0.226 e. The lowest BCUT2D eigenvalue weighted by molar-refractivity contribution is -0.142. The number of benzene rings is 1. The zero-order chi connectivity index (χ0) is 19.2. The van der Waals surface area contributed by atoms with Crippen molar-refractivity contribution in [2.24, 2.45) is 5.92 Å². The number of amides is 3. The molecule has 2 aliphatic heterocycles. The van der Waals surface area contributed by atoms with Crippen molar-refractivity contribution in [1.82, 2.24) is 14.7 Å². The summed E-state index contributed by atoms with van der Waals surface area (Å²) >= 11 is 0. The van der Waals surface area contributed by atoms with Crippen LogP contribution in [0.5, 0.6) is 5.75 Å². The summed E-state index contributed by atoms with van der Waals surface area (Å²) in [5, 5.41) is 0. The van der Waals surface area contributed by atoms with Gasteiger partial charge >= 0.3 is 0 Å². The van der Waals surface area contributed by atoms with Crippen LogP contribution >= 0.6 is 0 Å². The molecule has 0 N–H and O–H groups in total. The van der Waals surface area contributed by atoms with Gasteiger partial charge in [0.15, 0.2) is 0 Å². The molecule has 7 nitrogen and oxygen atoms in total. The number of carbonyl (C=O) groups is 3. The van der Waals surface area contributed by atoms with Crippen LogP contribution in [-0.4, -0.2) is 79.3 Å². The topological polar surface area (TPSA) is 70.2 Å². The number of ether oxygens (including phenoxy) is 1. The van der Waals surface area contributed by atoms with E-state index in [1.807, 2.05) is 34.1 Å². The molecule has 0 bridgehead atoms. The van der Waals surface area contributed by atoms with Gasteiger partial charge in [0, 0.05) is 45.2 Å². The molecule has 3 rings (SSSR count). The maximum Gasteiger partial charge on any atom is 0.226 e. The summed E-state index contributed by atoms with van der Waals surface area (Å²) in [7, 11) is 1.62. The first-order chi connectivity index (χ1) is 13.1. The standard InChI is InChI=1S/C20H27N3O4/c1-27-18-4-2-16(3-5-18)14-19(25)22-8-6-17(7-9-22)20(26)23-12-10-21(15-24)11-13-23/h2-5,15,17H,6-14H2,1H3. The van der Waals surface area contributed by atoms with Crippen LogP contribution in [0, 0.1) is 5.92 Å². The normalized spacial score (nSPS) is 18.3. The van der Waals surface area contributed by atoms with Crippen molar-refractivity contribution in [2.75, 3.05) is 46.4 Å². The summed E-state index contributed by atoms with van der Waals surface area (Å²) in [6.07, 6.45) is 2.63. The minimum atomic E-state index is -0.0159. The van der Waals surface area contributed by atoms with Crippen LogP contribution in [-0.2, 0) is 20.8 Å². The molecule has 146 valence electrons. The summed E-state index contributed by atoms with van der Waals surface area (Å²) in [5.41, 5.74) is 0.965. The van der Waals surface area contributed by atoms with Crippen molar-refractivity contribution < 1.29 is 19.1 Å². The first-order valence-electron chi connectivity index (χ1n) is 9.49. The Kier molecular flexibility index (Phi) is 6.32. The van der Waals surface area contributed by atoms with Gasteiger partial charge in [0.2, 0.25) is 18.2 Å². The average Bonchev–Trinajstić information content (AvgIpc) is 2.74. The van der Waals surface area contributed by atoms with Crippen molar-refractivity contribution in [3.05, 3.63) is 29.8 Å². The van der Waals surface area contributed by atoms with Gasteiger partial charge in [0.05, 0.1) is 13.5 Å². The molecule has 2 fully saturated rings. The second-order valence-corrected chi connectivity index (χ2v) is 7.15. The van der Waals surface area contributed by atoms with Crippen molar-refractivity contribution in [3.63, 3.8) is 0 Å². The quantitative estimate of drug-likeness (QED) is 0.715. The van der Waals surface area contributed by atoms with Crippen LogP contribution in [0.2, 0.25) is 0 Å². The fourth-order valence-corrected chi connectivity index (χ4v) is 3.71. The first-order valence-corrected chi connectivity index (χ1v) is 9.49. The maximum atomic E-state index is 12.7. The molecule has 1 aromatic rings. The van der Waals surface area contributed by atoms with E-state index < -0.39 is 0 Å². The molecule has 2 heterocycles. The van der Waals surface area contributed by atoms with E-state index >= 15 is 0 Å². The Bertz CT molecular complexity index is 660. The van der Waals surface area contributed by atoms with Gasteiger partial charge in [0.1, 0.15) is 5.75 Å². The Hall–Kier alpha value is -2.57. The highest BCUT2D eigenvalue weighted by molar-refractivity contribution is 5.81. The number of nitrogens with zero attached hydrogens (tertiary/aromatic N) is 3. The second-order valence-electron chi connectivity index (χ2n) is 7.15. The highest BCUT2D eigenvalue weighted by Crippen LogP contribution is 2.21. The van der Waals surface area contributed by atoms with Gasteiger partial charge in [0.25, 0.3) is 0 Å². The molecule has 2 saturated heterocycles. The van der Waals surface area contributed by atoms with Crippen molar-refractivity contribution in [3.8, 4) is 5.75 Å². The van der Waals surface area contributed by atoms with Gasteiger partial charge in [-0.3, -0.25) is 14.4 Å². The number of likely N-dealkylation sites (tertiary alicyclic amines) is 1. The average molecular weight is 373 g/mol. The molecule has 1 aromatic carbocycles. The number of rotatable bonds is 5. The molecular formula is C20H27N3O4. The van der Waals surface area contributed by atoms with Gasteiger partial charge in [-0.2, -0.15) is 0 Å². The van der Waals surface area contributed by atoms with E-state index in [0.717, 1.165) is 17.7 Å². The summed E-state index contributed by atoms with van der Waals surface area (Å²) in [6, 6.07) is 7.54. The monoisotopic (exact) mass is 373 g/mol. The Morgan fingerprint density at radius 3 is 2.19 bits per heavy atom. The van der Waals surface area contributed by atoms with Crippen molar-refractivity contribution in [1.29, 1.82) is 0 Å². The van der Waals surface area contributed by atoms with Gasteiger partial charge in [-0.25, -0.2) is 0 Å². The number of hydrogen-bond acceptors (Lipinski definition) is 4. The predicted molar refractivity (Wildman–Crippen MR) is 100 cm³/mol. The van der Waals surface area contributed by atoms with E-state index in [1.54, 1.807) is 12.0 Å². The van der Waals surface area contributed by atoms with E-state index in [1.165, 1.54) is 0 Å². The second kappa shape index (κ2) is 8.88. The van der Waals surface area contributed by atoms with Crippen LogP contribution in [0.3, 0.4) is 0 Å². The SMILES string of the molecule is COc1ccc(CC(=O)N2CCC(C(=O)N3CCN(C=O)CC3)CC2)cc1. The van der Waals surface area contributed by atoms with E-state index in [9.17, 15) is 14.4 Å². The molecular weight excluding hydrogens is 346 g/mol. The van der Waals surface area contributed by atoms with Crippen LogP contribution in [0.1, 0.15) is 18.4 Å². The lowest BCUT2D eigenvalue weighted by Crippen LogP contribution is -2.51. The van der Waals surface area contributed by atoms with Gasteiger partial charge in [-0.1, -0.05) is 12.1 Å². The van der Waals surface area contributed by atoms with Crippen LogP contribution in [0.4, 0.5) is 0 Å². The maximum absolute atomic E-state index is 12.7. The fraction of sp³-hybridized carbons (Fsp3) is 0.550. The summed E-state index contributed by atoms with van der Waals surface area (Å²) in [6.45, 7) is 3.67. The molecule has 0 spiro atoms. The predicted octanol–water partition coefficient (Wildman–Crippen LogP) is 0.777. The van der Waals surface area contributed by atoms with Crippen LogP contribution in [0.25, 0.3) is 0 Å². The van der Waals surface area contributed by atoms with E-state index in [4.69, 9.17) is 4.74 Å².